The van der Waals surface area contributed by atoms with Crippen LogP contribution in [0.25, 0.3) is 0 Å². The summed E-state index contributed by atoms with van der Waals surface area (Å²) in [6.07, 6.45) is 1.61. The third kappa shape index (κ3) is 5.70. The fourth-order valence-electron chi connectivity index (χ4n) is 2.18. The third-order valence-electron chi connectivity index (χ3n) is 3.40. The number of hydrogen-bond donors (Lipinski definition) is 2. The average Bonchev–Trinajstić information content (AvgIpc) is 2.97. The molecule has 0 spiro atoms. The molecule has 0 unspecified atom stereocenters. The Hall–Kier alpha value is -2.71. The van der Waals surface area contributed by atoms with Crippen LogP contribution >= 0.6 is 0 Å². The fraction of sp³-hybridized carbons (Fsp3) is 0.438. The summed E-state index contributed by atoms with van der Waals surface area (Å²) >= 11 is 0. The molecule has 0 bridgehead atoms. The number of ether oxygens (including phenoxy) is 1. The second-order valence-electron chi connectivity index (χ2n) is 5.40. The minimum Gasteiger partial charge on any atom is -0.434 e. The van der Waals surface area contributed by atoms with E-state index in [0.29, 0.717) is 24.6 Å². The lowest BCUT2D eigenvalue weighted by Crippen LogP contribution is -2.37. The van der Waals surface area contributed by atoms with Crippen molar-refractivity contribution in [2.45, 2.75) is 33.5 Å². The van der Waals surface area contributed by atoms with E-state index in [0.717, 1.165) is 11.4 Å². The molecule has 0 saturated carbocycles. The van der Waals surface area contributed by atoms with Gasteiger partial charge in [0.2, 0.25) is 0 Å². The molecule has 7 nitrogen and oxygen atoms in total. The Bertz CT molecular complexity index is 716. The van der Waals surface area contributed by atoms with E-state index in [9.17, 15) is 8.78 Å². The number of guanidine groups is 1. The smallest absolute Gasteiger partial charge is 0.387 e. The molecule has 136 valence electrons. The summed E-state index contributed by atoms with van der Waals surface area (Å²) in [5.74, 6) is 1.44. The standard InChI is InChI=1S/C16H22F2N6O/c1-4-19-16(21-9-14-23-22-10-24(14)3)20-8-12-7-11(2)5-6-13(12)25-15(17)18/h5-7,10,15H,4,8-9H2,1-3H3,(H2,19,20,21). The van der Waals surface area contributed by atoms with Crippen LogP contribution in [0.3, 0.4) is 0 Å². The molecular formula is C16H22F2N6O. The lowest BCUT2D eigenvalue weighted by Gasteiger charge is -2.13. The zero-order valence-electron chi connectivity index (χ0n) is 14.5. The Morgan fingerprint density at radius 2 is 2.16 bits per heavy atom. The van der Waals surface area contributed by atoms with Crippen LogP contribution in [0.15, 0.2) is 29.5 Å². The van der Waals surface area contributed by atoms with Crippen LogP contribution in [-0.2, 0) is 20.1 Å². The van der Waals surface area contributed by atoms with Crippen molar-refractivity contribution in [1.29, 1.82) is 0 Å². The Morgan fingerprint density at radius 3 is 2.80 bits per heavy atom. The van der Waals surface area contributed by atoms with Crippen molar-refractivity contribution < 1.29 is 13.5 Å². The van der Waals surface area contributed by atoms with Crippen molar-refractivity contribution >= 4 is 5.96 Å². The number of benzene rings is 1. The average molecular weight is 352 g/mol. The maximum absolute atomic E-state index is 12.5. The number of alkyl halides is 2. The summed E-state index contributed by atoms with van der Waals surface area (Å²) in [6, 6.07) is 5.04. The van der Waals surface area contributed by atoms with Gasteiger partial charge in [-0.2, -0.15) is 8.78 Å². The minimum atomic E-state index is -2.87. The lowest BCUT2D eigenvalue weighted by molar-refractivity contribution is -0.0504. The van der Waals surface area contributed by atoms with E-state index < -0.39 is 6.61 Å². The van der Waals surface area contributed by atoms with Gasteiger partial charge in [-0.3, -0.25) is 0 Å². The van der Waals surface area contributed by atoms with Crippen LogP contribution in [0.4, 0.5) is 8.78 Å². The third-order valence-corrected chi connectivity index (χ3v) is 3.40. The molecule has 9 heteroatoms. The van der Waals surface area contributed by atoms with Gasteiger partial charge in [0, 0.05) is 19.2 Å². The summed E-state index contributed by atoms with van der Waals surface area (Å²) in [7, 11) is 1.85. The van der Waals surface area contributed by atoms with Crippen molar-refractivity contribution in [3.05, 3.63) is 41.5 Å². The first-order valence-electron chi connectivity index (χ1n) is 7.89. The first-order chi connectivity index (χ1) is 12.0. The van der Waals surface area contributed by atoms with E-state index in [1.165, 1.54) is 6.07 Å². The lowest BCUT2D eigenvalue weighted by atomic mass is 10.1. The second-order valence-corrected chi connectivity index (χ2v) is 5.40. The van der Waals surface area contributed by atoms with E-state index in [1.54, 1.807) is 23.0 Å². The molecule has 25 heavy (non-hydrogen) atoms. The van der Waals surface area contributed by atoms with Crippen molar-refractivity contribution in [1.82, 2.24) is 25.4 Å². The maximum Gasteiger partial charge on any atom is 0.387 e. The molecule has 0 atom stereocenters. The number of rotatable bonds is 7. The van der Waals surface area contributed by atoms with Crippen LogP contribution in [-0.4, -0.2) is 33.9 Å². The highest BCUT2D eigenvalue weighted by atomic mass is 19.3. The Balaban J connectivity index is 2.09. The Morgan fingerprint density at radius 1 is 1.36 bits per heavy atom. The number of aryl methyl sites for hydroxylation is 2. The molecule has 1 aromatic heterocycles. The first-order valence-corrected chi connectivity index (χ1v) is 7.89. The zero-order valence-corrected chi connectivity index (χ0v) is 14.5. The van der Waals surface area contributed by atoms with Gasteiger partial charge in [0.15, 0.2) is 11.8 Å². The molecule has 0 aliphatic heterocycles. The van der Waals surface area contributed by atoms with E-state index in [4.69, 9.17) is 0 Å². The summed E-state index contributed by atoms with van der Waals surface area (Å²) < 4.78 is 31.4. The largest absolute Gasteiger partial charge is 0.434 e. The quantitative estimate of drug-likeness (QED) is 0.589. The van der Waals surface area contributed by atoms with Gasteiger partial charge in [-0.25, -0.2) is 4.99 Å². The number of hydrogen-bond acceptors (Lipinski definition) is 4. The summed E-state index contributed by atoms with van der Waals surface area (Å²) in [6.45, 7) is 2.27. The van der Waals surface area contributed by atoms with Crippen LogP contribution < -0.4 is 15.4 Å². The summed E-state index contributed by atoms with van der Waals surface area (Å²) in [5, 5.41) is 14.0. The first kappa shape index (κ1) is 18.6. The van der Waals surface area contributed by atoms with Gasteiger partial charge in [-0.1, -0.05) is 17.7 Å². The van der Waals surface area contributed by atoms with Crippen molar-refractivity contribution in [2.75, 3.05) is 6.54 Å². The summed E-state index contributed by atoms with van der Waals surface area (Å²) in [5.41, 5.74) is 1.54. The monoisotopic (exact) mass is 352 g/mol. The predicted molar refractivity (Wildman–Crippen MR) is 90.5 cm³/mol. The van der Waals surface area contributed by atoms with E-state index >= 15 is 0 Å². The van der Waals surface area contributed by atoms with Crippen molar-refractivity contribution in [3.8, 4) is 5.75 Å². The molecule has 0 aliphatic rings. The summed E-state index contributed by atoms with van der Waals surface area (Å²) in [4.78, 5) is 4.43. The van der Waals surface area contributed by atoms with Crippen LogP contribution in [0, 0.1) is 6.92 Å². The maximum atomic E-state index is 12.5. The van der Waals surface area contributed by atoms with E-state index in [2.05, 4.69) is 30.6 Å². The number of aromatic nitrogens is 3. The molecule has 2 N–H and O–H groups in total. The van der Waals surface area contributed by atoms with Gasteiger partial charge in [-0.15, -0.1) is 10.2 Å². The molecule has 1 heterocycles. The Kier molecular flexibility index (Phi) is 6.67. The molecule has 0 aliphatic carbocycles. The molecular weight excluding hydrogens is 330 g/mol. The normalized spacial score (nSPS) is 11.7. The van der Waals surface area contributed by atoms with Gasteiger partial charge in [-0.05, 0) is 19.9 Å². The SMILES string of the molecule is CCNC(=NCc1cc(C)ccc1OC(F)F)NCc1nncn1C. The van der Waals surface area contributed by atoms with Gasteiger partial charge >= 0.3 is 6.61 Å². The predicted octanol–water partition coefficient (Wildman–Crippen LogP) is 1.98. The number of nitrogens with one attached hydrogen (secondary N) is 2. The molecule has 2 aromatic rings. The van der Waals surface area contributed by atoms with Gasteiger partial charge in [0.1, 0.15) is 12.1 Å². The molecule has 0 saturated heterocycles. The zero-order chi connectivity index (χ0) is 18.2. The van der Waals surface area contributed by atoms with Crippen molar-refractivity contribution in [2.24, 2.45) is 12.0 Å². The number of nitrogens with zero attached hydrogens (tertiary/aromatic N) is 4. The molecule has 0 amide bonds. The van der Waals surface area contributed by atoms with E-state index in [-0.39, 0.29) is 12.3 Å². The molecule has 1 aromatic carbocycles. The van der Waals surface area contributed by atoms with Crippen LogP contribution in [0.2, 0.25) is 0 Å². The highest BCUT2D eigenvalue weighted by molar-refractivity contribution is 5.79. The van der Waals surface area contributed by atoms with Crippen LogP contribution in [0.5, 0.6) is 5.75 Å². The minimum absolute atomic E-state index is 0.133. The number of aliphatic imine (C=N–C) groups is 1. The number of halogens is 2. The topological polar surface area (TPSA) is 76.4 Å². The highest BCUT2D eigenvalue weighted by Crippen LogP contribution is 2.22. The van der Waals surface area contributed by atoms with Gasteiger partial charge < -0.3 is 19.9 Å². The van der Waals surface area contributed by atoms with Crippen molar-refractivity contribution in [3.63, 3.8) is 0 Å². The van der Waals surface area contributed by atoms with Gasteiger partial charge in [0.05, 0.1) is 13.1 Å². The Labute approximate surface area is 145 Å². The fourth-order valence-corrected chi connectivity index (χ4v) is 2.18. The molecule has 0 radical (unpaired) electrons. The van der Waals surface area contributed by atoms with Crippen LogP contribution in [0.1, 0.15) is 23.9 Å². The van der Waals surface area contributed by atoms with E-state index in [1.807, 2.05) is 20.9 Å². The second kappa shape index (κ2) is 8.95. The molecule has 0 fully saturated rings. The highest BCUT2D eigenvalue weighted by Gasteiger charge is 2.10. The molecule has 2 rings (SSSR count). The van der Waals surface area contributed by atoms with Gasteiger partial charge in [0.25, 0.3) is 0 Å².